The summed E-state index contributed by atoms with van der Waals surface area (Å²) in [5, 5.41) is 3.33. The molecule has 2 saturated heterocycles. The number of likely N-dealkylation sites (tertiary alicyclic amines) is 1. The van der Waals surface area contributed by atoms with Crippen molar-refractivity contribution in [3.05, 3.63) is 66.0 Å². The number of nitrogens with one attached hydrogen (secondary N) is 1. The third-order valence-corrected chi connectivity index (χ3v) is 5.71. The second-order valence-electron chi connectivity index (χ2n) is 7.50. The zero-order valence-corrected chi connectivity index (χ0v) is 14.7. The molecule has 0 saturated carbocycles. The summed E-state index contributed by atoms with van der Waals surface area (Å²) in [7, 11) is 0. The summed E-state index contributed by atoms with van der Waals surface area (Å²) in [6.45, 7) is 3.03. The molecular weight excluding hydrogens is 310 g/mol. The van der Waals surface area contributed by atoms with Gasteiger partial charge in [-0.05, 0) is 43.9 Å². The Kier molecular flexibility index (Phi) is 4.30. The molecule has 1 aromatic heterocycles. The number of aromatic nitrogens is 1. The van der Waals surface area contributed by atoms with Crippen LogP contribution in [0.2, 0.25) is 0 Å². The van der Waals surface area contributed by atoms with Gasteiger partial charge in [0.1, 0.15) is 0 Å². The number of nitrogens with zero attached hydrogens (tertiary/aromatic N) is 2. The van der Waals surface area contributed by atoms with Crippen molar-refractivity contribution in [1.29, 1.82) is 0 Å². The van der Waals surface area contributed by atoms with Crippen LogP contribution in [0.3, 0.4) is 0 Å². The highest BCUT2D eigenvalue weighted by Gasteiger charge is 2.50. The van der Waals surface area contributed by atoms with Gasteiger partial charge in [0.15, 0.2) is 0 Å². The third kappa shape index (κ3) is 3.19. The first kappa shape index (κ1) is 16.3. The van der Waals surface area contributed by atoms with Gasteiger partial charge >= 0.3 is 0 Å². The number of hydrogen-bond donors (Lipinski definition) is 1. The Balaban J connectivity index is 1.70. The molecule has 3 heterocycles. The number of benzene rings is 1. The minimum absolute atomic E-state index is 0.178. The lowest BCUT2D eigenvalue weighted by atomic mass is 9.88. The average Bonchev–Trinajstić information content (AvgIpc) is 2.79. The van der Waals surface area contributed by atoms with Gasteiger partial charge in [-0.15, -0.1) is 0 Å². The zero-order valence-electron chi connectivity index (χ0n) is 14.7. The first-order valence-corrected chi connectivity index (χ1v) is 9.17. The lowest BCUT2D eigenvalue weighted by Crippen LogP contribution is -2.52. The number of hydrogen-bond acceptors (Lipinski definition) is 3. The minimum Gasteiger partial charge on any atom is -0.349 e. The van der Waals surface area contributed by atoms with Gasteiger partial charge in [-0.25, -0.2) is 0 Å². The number of pyridine rings is 1. The van der Waals surface area contributed by atoms with Crippen LogP contribution in [0.5, 0.6) is 0 Å². The highest BCUT2D eigenvalue weighted by molar-refractivity contribution is 5.77. The Morgan fingerprint density at radius 1 is 1.20 bits per heavy atom. The quantitative estimate of drug-likeness (QED) is 0.934. The molecule has 2 aromatic rings. The van der Waals surface area contributed by atoms with Crippen LogP contribution in [0.4, 0.5) is 0 Å². The molecule has 0 aliphatic carbocycles. The lowest BCUT2D eigenvalue weighted by Gasteiger charge is -2.35. The molecule has 0 bridgehead atoms. The molecular formula is C21H25N3O. The largest absolute Gasteiger partial charge is 0.349 e. The monoisotopic (exact) mass is 335 g/mol. The van der Waals surface area contributed by atoms with Crippen LogP contribution in [0.1, 0.15) is 49.9 Å². The smallest absolute Gasteiger partial charge is 0.220 e. The van der Waals surface area contributed by atoms with Crippen molar-refractivity contribution in [1.82, 2.24) is 15.2 Å². The molecule has 0 radical (unpaired) electrons. The van der Waals surface area contributed by atoms with Crippen molar-refractivity contribution in [2.24, 2.45) is 0 Å². The summed E-state index contributed by atoms with van der Waals surface area (Å²) in [5.41, 5.74) is 2.23. The molecule has 4 rings (SSSR count). The van der Waals surface area contributed by atoms with Gasteiger partial charge in [-0.1, -0.05) is 36.4 Å². The SMILES string of the molecule is C[C@]12C[C@@H](c3ccccc3)N(Cc3ccccn3)[C@H]1CCCC(=O)N2. The molecule has 0 spiro atoms. The maximum atomic E-state index is 12.2. The molecule has 4 heteroatoms. The van der Waals surface area contributed by atoms with Gasteiger partial charge in [-0.3, -0.25) is 14.7 Å². The van der Waals surface area contributed by atoms with Gasteiger partial charge in [0.2, 0.25) is 5.91 Å². The topological polar surface area (TPSA) is 45.2 Å². The fraction of sp³-hybridized carbons (Fsp3) is 0.429. The van der Waals surface area contributed by atoms with E-state index in [1.54, 1.807) is 0 Å². The first-order chi connectivity index (χ1) is 12.2. The molecule has 0 unspecified atom stereocenters. The molecule has 130 valence electrons. The number of fused-ring (bicyclic) bond motifs is 1. The van der Waals surface area contributed by atoms with Crippen molar-refractivity contribution in [3.8, 4) is 0 Å². The lowest BCUT2D eigenvalue weighted by molar-refractivity contribution is -0.122. The molecule has 2 aliphatic heterocycles. The molecule has 1 aromatic carbocycles. The van der Waals surface area contributed by atoms with Crippen molar-refractivity contribution in [2.45, 2.75) is 56.8 Å². The highest BCUT2D eigenvalue weighted by Crippen LogP contribution is 2.45. The van der Waals surface area contributed by atoms with Crippen LogP contribution < -0.4 is 5.32 Å². The third-order valence-electron chi connectivity index (χ3n) is 5.71. The molecule has 1 N–H and O–H groups in total. The fourth-order valence-electron chi connectivity index (χ4n) is 4.58. The molecule has 3 atom stereocenters. The summed E-state index contributed by atoms with van der Waals surface area (Å²) in [4.78, 5) is 19.3. The summed E-state index contributed by atoms with van der Waals surface area (Å²) in [6, 6.07) is 17.4. The van der Waals surface area contributed by atoms with Crippen molar-refractivity contribution in [2.75, 3.05) is 0 Å². The van der Waals surface area contributed by atoms with Gasteiger partial charge in [0.25, 0.3) is 0 Å². The Hall–Kier alpha value is -2.20. The summed E-state index contributed by atoms with van der Waals surface area (Å²) in [6.07, 6.45) is 5.44. The van der Waals surface area contributed by atoms with Crippen LogP contribution in [0.25, 0.3) is 0 Å². The van der Waals surface area contributed by atoms with E-state index in [0.29, 0.717) is 18.5 Å². The van der Waals surface area contributed by atoms with Gasteiger partial charge in [-0.2, -0.15) is 0 Å². The Labute approximate surface area is 149 Å². The summed E-state index contributed by atoms with van der Waals surface area (Å²) >= 11 is 0. The van der Waals surface area contributed by atoms with Crippen molar-refractivity contribution < 1.29 is 4.79 Å². The molecule has 2 aliphatic rings. The first-order valence-electron chi connectivity index (χ1n) is 9.17. The van der Waals surface area contributed by atoms with E-state index in [1.807, 2.05) is 18.3 Å². The highest BCUT2D eigenvalue weighted by atomic mass is 16.1. The van der Waals surface area contributed by atoms with Gasteiger partial charge in [0.05, 0.1) is 11.2 Å². The Morgan fingerprint density at radius 2 is 2.00 bits per heavy atom. The van der Waals surface area contributed by atoms with Crippen molar-refractivity contribution >= 4 is 5.91 Å². The van der Waals surface area contributed by atoms with Gasteiger partial charge in [0, 0.05) is 31.2 Å². The summed E-state index contributed by atoms with van der Waals surface area (Å²) in [5.74, 6) is 0.191. The van der Waals surface area contributed by atoms with Crippen LogP contribution in [0, 0.1) is 0 Å². The van der Waals surface area contributed by atoms with Gasteiger partial charge < -0.3 is 5.32 Å². The van der Waals surface area contributed by atoms with E-state index in [-0.39, 0.29) is 11.4 Å². The fourth-order valence-corrected chi connectivity index (χ4v) is 4.58. The maximum absolute atomic E-state index is 12.2. The maximum Gasteiger partial charge on any atom is 0.220 e. The minimum atomic E-state index is -0.178. The van der Waals surface area contributed by atoms with E-state index in [9.17, 15) is 4.79 Å². The summed E-state index contributed by atoms with van der Waals surface area (Å²) < 4.78 is 0. The van der Waals surface area contributed by atoms with E-state index >= 15 is 0 Å². The van der Waals surface area contributed by atoms with E-state index < -0.39 is 0 Å². The van der Waals surface area contributed by atoms with E-state index in [4.69, 9.17) is 0 Å². The van der Waals surface area contributed by atoms with E-state index in [0.717, 1.165) is 31.5 Å². The predicted octanol–water partition coefficient (Wildman–Crippen LogP) is 3.46. The standard InChI is InChI=1S/C21H25N3O/c1-21-14-18(16-8-3-2-4-9-16)24(15-17-10-5-6-13-22-17)19(21)11-7-12-20(25)23-21/h2-6,8-10,13,18-19H,7,11-12,14-15H2,1H3,(H,23,25)/t18-,19-,21-/m0/s1. The van der Waals surface area contributed by atoms with Crippen LogP contribution in [-0.2, 0) is 11.3 Å². The number of carbonyl (C=O) groups is 1. The van der Waals surface area contributed by atoms with Crippen LogP contribution in [0.15, 0.2) is 54.7 Å². The Bertz CT molecular complexity index is 733. The predicted molar refractivity (Wildman–Crippen MR) is 97.8 cm³/mol. The second-order valence-corrected chi connectivity index (χ2v) is 7.50. The number of amides is 1. The average molecular weight is 335 g/mol. The molecule has 4 nitrogen and oxygen atoms in total. The number of carbonyl (C=O) groups excluding carboxylic acids is 1. The van der Waals surface area contributed by atoms with E-state index in [2.05, 4.69) is 58.5 Å². The molecule has 1 amide bonds. The zero-order chi connectivity index (χ0) is 17.3. The van der Waals surface area contributed by atoms with Crippen LogP contribution >= 0.6 is 0 Å². The molecule has 25 heavy (non-hydrogen) atoms. The van der Waals surface area contributed by atoms with E-state index in [1.165, 1.54) is 5.56 Å². The second kappa shape index (κ2) is 6.60. The Morgan fingerprint density at radius 3 is 2.76 bits per heavy atom. The van der Waals surface area contributed by atoms with Crippen molar-refractivity contribution in [3.63, 3.8) is 0 Å². The molecule has 2 fully saturated rings. The van der Waals surface area contributed by atoms with Crippen LogP contribution in [-0.4, -0.2) is 27.4 Å². The number of rotatable bonds is 3. The normalized spacial score (nSPS) is 29.7.